The maximum Gasteiger partial charge on any atom is 0.267 e. The van der Waals surface area contributed by atoms with E-state index in [1.165, 1.54) is 88.5 Å². The third-order valence-corrected chi connectivity index (χ3v) is 17.3. The first-order chi connectivity index (χ1) is 49.5. The Hall–Kier alpha value is -9.53. The van der Waals surface area contributed by atoms with Crippen molar-refractivity contribution in [2.45, 2.75) is 182 Å². The summed E-state index contributed by atoms with van der Waals surface area (Å²) < 4.78 is 8.86. The predicted molar refractivity (Wildman–Crippen MR) is 398 cm³/mol. The number of benzene rings is 4. The van der Waals surface area contributed by atoms with E-state index in [0.717, 1.165) is 154 Å². The van der Waals surface area contributed by atoms with Crippen LogP contribution in [0.25, 0.3) is 68.4 Å². The smallest absolute Gasteiger partial charge is 0.267 e. The number of aliphatic hydroxyl groups excluding tert-OH is 3. The minimum Gasteiger partial charge on any atom is -0.396 e. The van der Waals surface area contributed by atoms with E-state index in [9.17, 15) is 29.4 Å². The molecule has 0 atom stereocenters. The molecule has 0 aliphatic heterocycles. The molecule has 546 valence electrons. The van der Waals surface area contributed by atoms with Gasteiger partial charge in [0.25, 0.3) is 23.6 Å². The topological polar surface area (TPSA) is 342 Å². The Morgan fingerprint density at radius 3 is 1.24 bits per heavy atom. The van der Waals surface area contributed by atoms with Crippen LogP contribution in [0.3, 0.4) is 0 Å². The van der Waals surface area contributed by atoms with Gasteiger partial charge < -0.3 is 33.6 Å². The molecule has 24 nitrogen and oxygen atoms in total. The Kier molecular flexibility index (Phi) is 33.4. The summed E-state index contributed by atoms with van der Waals surface area (Å²) in [6.07, 6.45) is 32.8. The van der Waals surface area contributed by atoms with E-state index in [1.807, 2.05) is 97.2 Å². The molecule has 4 aromatic carbocycles. The Balaban J connectivity index is 0.000000191. The van der Waals surface area contributed by atoms with Crippen molar-refractivity contribution < 1.29 is 55.3 Å². The average molecular weight is 1400 g/mol. The van der Waals surface area contributed by atoms with Crippen molar-refractivity contribution in [3.63, 3.8) is 0 Å². The lowest BCUT2D eigenvalue weighted by molar-refractivity contribution is -0.124. The fraction of sp³-hybridized carbons (Fsp3) is 0.423. The molecule has 10 rings (SSSR count). The van der Waals surface area contributed by atoms with Crippen LogP contribution >= 0.6 is 0 Å². The number of fused-ring (bicyclic) bond motifs is 4. The quantitative estimate of drug-likeness (QED) is 0.00807. The molecule has 102 heavy (non-hydrogen) atoms. The van der Waals surface area contributed by atoms with Crippen LogP contribution in [0, 0.1) is 11.8 Å². The van der Waals surface area contributed by atoms with E-state index in [1.54, 1.807) is 46.2 Å². The van der Waals surface area contributed by atoms with Crippen LogP contribution < -0.4 is 21.9 Å². The lowest BCUT2D eigenvalue weighted by atomic mass is 9.88. The lowest BCUT2D eigenvalue weighted by Crippen LogP contribution is -2.14. The van der Waals surface area contributed by atoms with Crippen LogP contribution in [0.1, 0.15) is 182 Å². The molecule has 0 unspecified atom stereocenters. The largest absolute Gasteiger partial charge is 0.396 e. The van der Waals surface area contributed by atoms with Gasteiger partial charge in [0.2, 0.25) is 0 Å². The highest BCUT2D eigenvalue weighted by Crippen LogP contribution is 2.35. The summed E-state index contributed by atoms with van der Waals surface area (Å²) in [4.78, 5) is 68.2. The van der Waals surface area contributed by atoms with Gasteiger partial charge in [-0.2, -0.15) is 0 Å². The van der Waals surface area contributed by atoms with Gasteiger partial charge in [-0.1, -0.05) is 116 Å². The van der Waals surface area contributed by atoms with Gasteiger partial charge >= 0.3 is 0 Å². The second kappa shape index (κ2) is 42.7. The number of amides is 4. The standard InChI is InChI=1S/C21H24N4O2.C21H31N3O3.C19H25N3O3.C17H23N3O3/c1-15(2)13-20-23-18-14-16(7-9-21(26)24-27)6-8-19(18)25(20)12-10-17-5-3-4-11-22-17;1-2-3-4-5-6-7-9-20-22-18-16-17(11-13-21(26)23-27)10-12-19(18)24(20)14-8-15-25;23-12-4-11-22-17-9-7-14(8-10-18(24)21-25)13-16(17)20-19(22)15-5-2-1-3-6-15;1-12(2)10-16-18-14-11-13(5-7-17(22)19-23)4-6-15(14)20(16)8-3-9-21/h3-9,11,14-15,27H,10,12-13H2,1-2H3,(H,24,26);10-13,16,25,27H,2-9,14-15H2,1H3,(H,23,26);7-10,13,15,23,25H,1-6,11-12H2,(H,21,24);4-7,11-12,21,23H,3,8-10H2,1-2H3,(H,19,22)/b9-7+;13-11+;10-8+;7-5+. The highest BCUT2D eigenvalue weighted by atomic mass is 16.5. The number of nitrogens with one attached hydrogen (secondary N) is 4. The number of carbonyl (C=O) groups excluding carboxylic acids is 4. The highest BCUT2D eigenvalue weighted by molar-refractivity contribution is 5.94. The third-order valence-electron chi connectivity index (χ3n) is 17.3. The molecule has 1 fully saturated rings. The van der Waals surface area contributed by atoms with Crippen LogP contribution in [0.15, 0.2) is 121 Å². The van der Waals surface area contributed by atoms with E-state index in [2.05, 4.69) is 57.9 Å². The van der Waals surface area contributed by atoms with E-state index in [4.69, 9.17) is 45.9 Å². The zero-order chi connectivity index (χ0) is 73.2. The molecule has 4 amide bonds. The molecular formula is C78H103N13O11. The molecule has 24 heteroatoms. The van der Waals surface area contributed by atoms with Crippen molar-refractivity contribution in [2.24, 2.45) is 11.8 Å². The van der Waals surface area contributed by atoms with Crippen molar-refractivity contribution in [1.29, 1.82) is 0 Å². The molecule has 9 aromatic rings. The number of unbranched alkanes of at least 4 members (excludes halogenated alkanes) is 5. The van der Waals surface area contributed by atoms with Crippen LogP contribution in [-0.2, 0) is 71.0 Å². The molecule has 1 saturated carbocycles. The molecule has 1 aliphatic carbocycles. The summed E-state index contributed by atoms with van der Waals surface area (Å²) in [5.41, 5.74) is 18.6. The Morgan fingerprint density at radius 1 is 0.451 bits per heavy atom. The van der Waals surface area contributed by atoms with Gasteiger partial charge in [0.1, 0.15) is 23.3 Å². The molecule has 5 heterocycles. The second-order valence-electron chi connectivity index (χ2n) is 26.2. The van der Waals surface area contributed by atoms with Crippen LogP contribution in [-0.4, -0.2) is 123 Å². The number of nitrogens with zero attached hydrogens (tertiary/aromatic N) is 9. The first-order valence-electron chi connectivity index (χ1n) is 35.7. The van der Waals surface area contributed by atoms with Gasteiger partial charge in [-0.15, -0.1) is 0 Å². The molecule has 0 saturated heterocycles. The summed E-state index contributed by atoms with van der Waals surface area (Å²) in [7, 11) is 0. The van der Waals surface area contributed by atoms with Gasteiger partial charge in [0, 0.05) is 114 Å². The van der Waals surface area contributed by atoms with Gasteiger partial charge in [-0.3, -0.25) is 45.0 Å². The van der Waals surface area contributed by atoms with Gasteiger partial charge in [0.15, 0.2) is 0 Å². The minimum absolute atomic E-state index is 0.151. The normalized spacial score (nSPS) is 12.6. The minimum atomic E-state index is -0.570. The maximum absolute atomic E-state index is 11.2. The van der Waals surface area contributed by atoms with Gasteiger partial charge in [-0.25, -0.2) is 41.9 Å². The third kappa shape index (κ3) is 24.6. The van der Waals surface area contributed by atoms with Gasteiger partial charge in [0.05, 0.1) is 44.1 Å². The number of carbonyl (C=O) groups is 4. The number of aryl methyl sites for hydroxylation is 6. The average Bonchev–Trinajstić information content (AvgIpc) is 1.69. The second-order valence-corrected chi connectivity index (χ2v) is 26.2. The monoisotopic (exact) mass is 1400 g/mol. The highest BCUT2D eigenvalue weighted by Gasteiger charge is 2.23. The predicted octanol–water partition coefficient (Wildman–Crippen LogP) is 12.4. The SMILES string of the molecule is CC(C)Cc1nc2cc(/C=C/C(=O)NO)ccc2n1CCCO.CC(C)Cc1nc2cc(/C=C/C(=O)NO)ccc2n1CCc1ccccn1.CCCCCCCCc1nc2cc(/C=C/C(=O)NO)ccc2n1CCCO.O=C(/C=C/c1ccc2c(c1)nc(C1CCCCC1)n2CCCO)NO. The molecular weight excluding hydrogens is 1290 g/mol. The zero-order valence-corrected chi connectivity index (χ0v) is 59.6. The molecule has 0 radical (unpaired) electrons. The van der Waals surface area contributed by atoms with E-state index < -0.39 is 23.6 Å². The number of hydrogen-bond acceptors (Lipinski definition) is 16. The number of imidazole rings is 4. The summed E-state index contributed by atoms with van der Waals surface area (Å²) in [5.74, 6) is 3.48. The van der Waals surface area contributed by atoms with Crippen molar-refractivity contribution in [3.05, 3.63) is 173 Å². The lowest BCUT2D eigenvalue weighted by Gasteiger charge is -2.22. The van der Waals surface area contributed by atoms with E-state index >= 15 is 0 Å². The summed E-state index contributed by atoms with van der Waals surface area (Å²) >= 11 is 0. The van der Waals surface area contributed by atoms with Crippen molar-refractivity contribution in [3.8, 4) is 0 Å². The van der Waals surface area contributed by atoms with Crippen LogP contribution in [0.5, 0.6) is 0 Å². The molecule has 0 spiro atoms. The van der Waals surface area contributed by atoms with Crippen molar-refractivity contribution in [2.75, 3.05) is 19.8 Å². The van der Waals surface area contributed by atoms with Gasteiger partial charge in [-0.05, 0) is 158 Å². The van der Waals surface area contributed by atoms with Crippen LogP contribution in [0.4, 0.5) is 0 Å². The van der Waals surface area contributed by atoms with Crippen molar-refractivity contribution >= 4 is 92.1 Å². The Labute approximate surface area is 596 Å². The number of aliphatic hydroxyl groups is 3. The number of rotatable bonds is 32. The number of hydroxylamine groups is 4. The molecule has 5 aromatic heterocycles. The molecule has 11 N–H and O–H groups in total. The number of hydrogen-bond donors (Lipinski definition) is 11. The Morgan fingerprint density at radius 2 is 0.833 bits per heavy atom. The van der Waals surface area contributed by atoms with E-state index in [-0.39, 0.29) is 19.8 Å². The summed E-state index contributed by atoms with van der Waals surface area (Å²) in [6, 6.07) is 29.5. The molecule has 1 aliphatic rings. The zero-order valence-electron chi connectivity index (χ0n) is 59.6. The molecule has 0 bridgehead atoms. The first kappa shape index (κ1) is 79.8. The first-order valence-corrected chi connectivity index (χ1v) is 35.7. The summed E-state index contributed by atoms with van der Waals surface area (Å²) in [5, 5.41) is 61.8. The number of aromatic nitrogens is 9. The van der Waals surface area contributed by atoms with Crippen molar-refractivity contribution in [1.82, 2.24) is 65.1 Å². The maximum atomic E-state index is 11.2. The summed E-state index contributed by atoms with van der Waals surface area (Å²) in [6.45, 7) is 14.4. The fourth-order valence-electron chi connectivity index (χ4n) is 12.4. The number of pyridine rings is 1. The van der Waals surface area contributed by atoms with E-state index in [0.29, 0.717) is 37.0 Å². The van der Waals surface area contributed by atoms with Crippen LogP contribution in [0.2, 0.25) is 0 Å². The fourth-order valence-corrected chi connectivity index (χ4v) is 12.4. The Bertz CT molecular complexity index is 4230.